The molecule has 0 fully saturated rings. The minimum Gasteiger partial charge on any atom is -0.198 e. The summed E-state index contributed by atoms with van der Waals surface area (Å²) in [6, 6.07) is 7.03. The standard InChI is InChI=1S/C11H12O5S2/c1-3-7-10(2)17(12,13)16-18(14,15)11-8-5-4-6-9-11/h1,4-6,8-10H,7H2,2H3. The summed E-state index contributed by atoms with van der Waals surface area (Å²) in [7, 11) is -8.60. The van der Waals surface area contributed by atoms with Crippen LogP contribution in [0.2, 0.25) is 0 Å². The molecule has 98 valence electrons. The Hall–Kier alpha value is -1.36. The number of terminal acetylenes is 1. The number of hydrogen-bond donors (Lipinski definition) is 0. The third kappa shape index (κ3) is 3.57. The first kappa shape index (κ1) is 14.7. The first-order valence-electron chi connectivity index (χ1n) is 4.98. The lowest BCUT2D eigenvalue weighted by Gasteiger charge is -2.10. The van der Waals surface area contributed by atoms with Crippen LogP contribution < -0.4 is 0 Å². The molecule has 0 N–H and O–H groups in total. The summed E-state index contributed by atoms with van der Waals surface area (Å²) in [5.74, 6) is 2.15. The summed E-state index contributed by atoms with van der Waals surface area (Å²) in [6.45, 7) is 1.29. The zero-order chi connectivity index (χ0) is 13.8. The highest BCUT2D eigenvalue weighted by molar-refractivity contribution is 8.00. The van der Waals surface area contributed by atoms with E-state index in [2.05, 4.69) is 9.55 Å². The fourth-order valence-electron chi connectivity index (χ4n) is 1.09. The van der Waals surface area contributed by atoms with Crippen LogP contribution >= 0.6 is 0 Å². The molecule has 0 radical (unpaired) electrons. The summed E-state index contributed by atoms with van der Waals surface area (Å²) in [4.78, 5) is -0.221. The summed E-state index contributed by atoms with van der Waals surface area (Å²) in [6.07, 6.45) is 4.86. The Balaban J connectivity index is 3.02. The topological polar surface area (TPSA) is 77.5 Å². The second-order valence-corrected chi connectivity index (χ2v) is 7.26. The van der Waals surface area contributed by atoms with Crippen molar-refractivity contribution < 1.29 is 20.5 Å². The van der Waals surface area contributed by atoms with Gasteiger partial charge >= 0.3 is 10.1 Å². The van der Waals surface area contributed by atoms with E-state index in [4.69, 9.17) is 6.42 Å². The Bertz CT molecular complexity index is 638. The molecule has 0 saturated carbocycles. The molecule has 1 aromatic carbocycles. The summed E-state index contributed by atoms with van der Waals surface area (Å²) in [5, 5.41) is -1.08. The summed E-state index contributed by atoms with van der Waals surface area (Å²) in [5.41, 5.74) is 0. The van der Waals surface area contributed by atoms with E-state index in [1.807, 2.05) is 0 Å². The van der Waals surface area contributed by atoms with E-state index in [0.717, 1.165) is 0 Å². The van der Waals surface area contributed by atoms with Crippen LogP contribution in [0.1, 0.15) is 13.3 Å². The van der Waals surface area contributed by atoms with Crippen molar-refractivity contribution in [1.29, 1.82) is 0 Å². The van der Waals surface area contributed by atoms with Crippen molar-refractivity contribution in [3.63, 3.8) is 0 Å². The van der Waals surface area contributed by atoms with Gasteiger partial charge in [-0.3, -0.25) is 0 Å². The first-order chi connectivity index (χ1) is 8.29. The van der Waals surface area contributed by atoms with Crippen molar-refractivity contribution >= 4 is 20.2 Å². The van der Waals surface area contributed by atoms with Crippen LogP contribution in [0.3, 0.4) is 0 Å². The maximum absolute atomic E-state index is 11.7. The molecule has 0 aliphatic carbocycles. The van der Waals surface area contributed by atoms with Gasteiger partial charge in [0.15, 0.2) is 0 Å². The first-order valence-corrected chi connectivity index (χ1v) is 7.86. The molecule has 0 amide bonds. The molecule has 0 saturated heterocycles. The maximum atomic E-state index is 11.7. The van der Waals surface area contributed by atoms with Crippen molar-refractivity contribution in [3.05, 3.63) is 30.3 Å². The lowest BCUT2D eigenvalue weighted by Crippen LogP contribution is -2.23. The molecule has 1 unspecified atom stereocenters. The molecule has 0 bridgehead atoms. The van der Waals surface area contributed by atoms with E-state index in [1.165, 1.54) is 31.2 Å². The van der Waals surface area contributed by atoms with Crippen LogP contribution in [-0.2, 0) is 23.9 Å². The molecule has 18 heavy (non-hydrogen) atoms. The van der Waals surface area contributed by atoms with Gasteiger partial charge in [-0.1, -0.05) is 18.2 Å². The van der Waals surface area contributed by atoms with Crippen LogP contribution in [0.5, 0.6) is 0 Å². The molecule has 1 atom stereocenters. The third-order valence-corrected chi connectivity index (χ3v) is 5.59. The quantitative estimate of drug-likeness (QED) is 0.759. The summed E-state index contributed by atoms with van der Waals surface area (Å²) < 4.78 is 50.9. The van der Waals surface area contributed by atoms with Crippen LogP contribution in [-0.4, -0.2) is 22.1 Å². The van der Waals surface area contributed by atoms with Gasteiger partial charge in [-0.15, -0.1) is 16.0 Å². The van der Waals surface area contributed by atoms with Gasteiger partial charge in [-0.2, -0.15) is 16.8 Å². The molecule has 1 rings (SSSR count). The lowest BCUT2D eigenvalue weighted by atomic mass is 10.3. The van der Waals surface area contributed by atoms with Gasteiger partial charge in [0.05, 0.1) is 10.1 Å². The molecular weight excluding hydrogens is 276 g/mol. The van der Waals surface area contributed by atoms with Gasteiger partial charge in [-0.05, 0) is 19.1 Å². The van der Waals surface area contributed by atoms with Gasteiger partial charge in [0.1, 0.15) is 0 Å². The summed E-state index contributed by atoms with van der Waals surface area (Å²) >= 11 is 0. The number of benzene rings is 1. The Morgan fingerprint density at radius 3 is 2.28 bits per heavy atom. The second-order valence-electron chi connectivity index (χ2n) is 3.55. The highest BCUT2D eigenvalue weighted by atomic mass is 32.3. The number of hydrogen-bond acceptors (Lipinski definition) is 5. The van der Waals surface area contributed by atoms with Gasteiger partial charge in [0.25, 0.3) is 10.1 Å². The minimum atomic E-state index is -4.34. The van der Waals surface area contributed by atoms with Crippen LogP contribution in [0.25, 0.3) is 0 Å². The monoisotopic (exact) mass is 288 g/mol. The predicted octanol–water partition coefficient (Wildman–Crippen LogP) is 1.13. The Labute approximate surface area is 107 Å². The average molecular weight is 288 g/mol. The lowest BCUT2D eigenvalue weighted by molar-refractivity contribution is 0.454. The van der Waals surface area contributed by atoms with E-state index in [9.17, 15) is 16.8 Å². The molecule has 0 aliphatic rings. The zero-order valence-corrected chi connectivity index (χ0v) is 11.2. The number of rotatable bonds is 5. The minimum absolute atomic E-state index is 0.118. The zero-order valence-electron chi connectivity index (χ0n) is 9.61. The van der Waals surface area contributed by atoms with Crippen molar-refractivity contribution in [1.82, 2.24) is 0 Å². The van der Waals surface area contributed by atoms with Crippen LogP contribution in [0.4, 0.5) is 0 Å². The van der Waals surface area contributed by atoms with E-state index in [0.29, 0.717) is 0 Å². The van der Waals surface area contributed by atoms with Crippen LogP contribution in [0, 0.1) is 12.3 Å². The van der Waals surface area contributed by atoms with Crippen LogP contribution in [0.15, 0.2) is 35.2 Å². The van der Waals surface area contributed by atoms with E-state index >= 15 is 0 Å². The van der Waals surface area contributed by atoms with Crippen molar-refractivity contribution in [3.8, 4) is 12.3 Å². The van der Waals surface area contributed by atoms with Gasteiger partial charge in [-0.25, -0.2) is 0 Å². The molecular formula is C11H12O5S2. The largest absolute Gasteiger partial charge is 0.311 e. The predicted molar refractivity (Wildman–Crippen MR) is 66.5 cm³/mol. The molecule has 5 nitrogen and oxygen atoms in total. The third-order valence-electron chi connectivity index (χ3n) is 2.11. The molecule has 0 spiro atoms. The van der Waals surface area contributed by atoms with E-state index in [-0.39, 0.29) is 11.3 Å². The Morgan fingerprint density at radius 2 is 1.78 bits per heavy atom. The van der Waals surface area contributed by atoms with Crippen molar-refractivity contribution in [2.75, 3.05) is 0 Å². The SMILES string of the molecule is C#CCC(C)S(=O)(=O)OS(=O)(=O)c1ccccc1. The second kappa shape index (κ2) is 5.52. The normalized spacial score (nSPS) is 13.8. The van der Waals surface area contributed by atoms with E-state index in [1.54, 1.807) is 6.07 Å². The molecule has 7 heteroatoms. The molecule has 0 aliphatic heterocycles. The highest BCUT2D eigenvalue weighted by Gasteiger charge is 2.29. The fourth-order valence-corrected chi connectivity index (χ4v) is 3.73. The Kier molecular flexibility index (Phi) is 4.51. The molecule has 0 aromatic heterocycles. The Morgan fingerprint density at radius 1 is 1.22 bits per heavy atom. The van der Waals surface area contributed by atoms with Gasteiger partial charge in [0, 0.05) is 6.42 Å². The van der Waals surface area contributed by atoms with Gasteiger partial charge < -0.3 is 0 Å². The highest BCUT2D eigenvalue weighted by Crippen LogP contribution is 2.17. The van der Waals surface area contributed by atoms with E-state index < -0.39 is 25.5 Å². The molecule has 0 heterocycles. The van der Waals surface area contributed by atoms with Crippen molar-refractivity contribution in [2.24, 2.45) is 0 Å². The maximum Gasteiger partial charge on any atom is 0.311 e. The smallest absolute Gasteiger partial charge is 0.198 e. The average Bonchev–Trinajstić information content (AvgIpc) is 2.29. The fraction of sp³-hybridized carbons (Fsp3) is 0.273. The van der Waals surface area contributed by atoms with Crippen molar-refractivity contribution in [2.45, 2.75) is 23.5 Å². The molecule has 1 aromatic rings. The van der Waals surface area contributed by atoms with Gasteiger partial charge in [0.2, 0.25) is 0 Å².